The summed E-state index contributed by atoms with van der Waals surface area (Å²) in [5.41, 5.74) is 0. The maximum absolute atomic E-state index is 12.1. The fourth-order valence-corrected chi connectivity index (χ4v) is 3.75. The minimum absolute atomic E-state index is 0.339. The zero-order chi connectivity index (χ0) is 13.0. The van der Waals surface area contributed by atoms with Gasteiger partial charge in [-0.25, -0.2) is 0 Å². The topological polar surface area (TPSA) is 20.3 Å². The van der Waals surface area contributed by atoms with Crippen LogP contribution in [0.3, 0.4) is 0 Å². The van der Waals surface area contributed by atoms with Crippen molar-refractivity contribution in [3.8, 4) is 0 Å². The van der Waals surface area contributed by atoms with Gasteiger partial charge in [-0.1, -0.05) is 26.7 Å². The third-order valence-electron chi connectivity index (χ3n) is 4.85. The highest BCUT2D eigenvalue weighted by Gasteiger charge is 2.31. The first-order chi connectivity index (χ1) is 8.70. The van der Waals surface area contributed by atoms with Crippen molar-refractivity contribution in [3.05, 3.63) is 0 Å². The second-order valence-electron chi connectivity index (χ2n) is 6.48. The van der Waals surface area contributed by atoms with Crippen LogP contribution < -0.4 is 0 Å². The van der Waals surface area contributed by atoms with Gasteiger partial charge in [0.1, 0.15) is 5.78 Å². The lowest BCUT2D eigenvalue weighted by atomic mass is 9.80. The third kappa shape index (κ3) is 3.57. The maximum Gasteiger partial charge on any atom is 0.137 e. The lowest BCUT2D eigenvalue weighted by Crippen LogP contribution is -2.44. The molecule has 1 saturated carbocycles. The summed E-state index contributed by atoms with van der Waals surface area (Å²) >= 11 is 0. The summed E-state index contributed by atoms with van der Waals surface area (Å²) in [6.07, 6.45) is 9.74. The smallest absolute Gasteiger partial charge is 0.137 e. The van der Waals surface area contributed by atoms with Gasteiger partial charge in [0.15, 0.2) is 0 Å². The van der Waals surface area contributed by atoms with Crippen molar-refractivity contribution in [2.24, 2.45) is 11.8 Å². The minimum atomic E-state index is 0.339. The molecule has 0 N–H and O–H groups in total. The number of hydrogen-bond donors (Lipinski definition) is 0. The summed E-state index contributed by atoms with van der Waals surface area (Å²) in [5, 5.41) is 0. The summed E-state index contributed by atoms with van der Waals surface area (Å²) < 4.78 is 0. The highest BCUT2D eigenvalue weighted by atomic mass is 16.1. The number of ketones is 1. The number of likely N-dealkylation sites (tertiary alicyclic amines) is 1. The van der Waals surface area contributed by atoms with E-state index in [1.807, 2.05) is 0 Å². The molecule has 1 aliphatic carbocycles. The SMILES string of the molecule is CCCC1CCCCN1CC1CC(C)CCC1=O. The molecule has 0 aromatic heterocycles. The van der Waals surface area contributed by atoms with Crippen LogP contribution in [0.15, 0.2) is 0 Å². The maximum atomic E-state index is 12.1. The van der Waals surface area contributed by atoms with E-state index in [0.29, 0.717) is 11.7 Å². The first-order valence-electron chi connectivity index (χ1n) is 7.97. The van der Waals surface area contributed by atoms with E-state index in [-0.39, 0.29) is 0 Å². The number of Topliss-reactive ketones (excluding diaryl/α,β-unsaturated/α-hetero) is 1. The zero-order valence-corrected chi connectivity index (χ0v) is 12.2. The Morgan fingerprint density at radius 1 is 1.28 bits per heavy atom. The van der Waals surface area contributed by atoms with Crippen molar-refractivity contribution >= 4 is 5.78 Å². The Morgan fingerprint density at radius 2 is 2.11 bits per heavy atom. The molecule has 0 radical (unpaired) electrons. The van der Waals surface area contributed by atoms with Crippen molar-refractivity contribution in [2.75, 3.05) is 13.1 Å². The van der Waals surface area contributed by atoms with E-state index in [4.69, 9.17) is 0 Å². The molecule has 0 bridgehead atoms. The summed E-state index contributed by atoms with van der Waals surface area (Å²) in [5.74, 6) is 1.63. The molecule has 1 heterocycles. The number of hydrogen-bond acceptors (Lipinski definition) is 2. The fraction of sp³-hybridized carbons (Fsp3) is 0.938. The predicted octanol–water partition coefficient (Wildman–Crippen LogP) is 3.65. The number of carbonyl (C=O) groups is 1. The Hall–Kier alpha value is -0.370. The second kappa shape index (κ2) is 6.70. The van der Waals surface area contributed by atoms with Gasteiger partial charge >= 0.3 is 0 Å². The van der Waals surface area contributed by atoms with Gasteiger partial charge in [-0.05, 0) is 44.6 Å². The molecule has 2 rings (SSSR count). The quantitative estimate of drug-likeness (QED) is 0.760. The van der Waals surface area contributed by atoms with Crippen molar-refractivity contribution in [2.45, 2.75) is 71.3 Å². The Labute approximate surface area is 112 Å². The largest absolute Gasteiger partial charge is 0.300 e. The first-order valence-corrected chi connectivity index (χ1v) is 7.97. The average molecular weight is 251 g/mol. The molecule has 0 spiro atoms. The summed E-state index contributed by atoms with van der Waals surface area (Å²) in [6, 6.07) is 0.758. The van der Waals surface area contributed by atoms with Crippen molar-refractivity contribution in [1.29, 1.82) is 0 Å². The van der Waals surface area contributed by atoms with Crippen LogP contribution in [0.4, 0.5) is 0 Å². The molecule has 2 fully saturated rings. The van der Waals surface area contributed by atoms with Gasteiger partial charge in [-0.2, -0.15) is 0 Å². The minimum Gasteiger partial charge on any atom is -0.300 e. The first kappa shape index (κ1) is 14.0. The van der Waals surface area contributed by atoms with Crippen LogP contribution in [-0.4, -0.2) is 29.8 Å². The van der Waals surface area contributed by atoms with Crippen LogP contribution in [0.25, 0.3) is 0 Å². The fourth-order valence-electron chi connectivity index (χ4n) is 3.75. The molecule has 3 unspecified atom stereocenters. The molecule has 1 aliphatic heterocycles. The summed E-state index contributed by atoms with van der Waals surface area (Å²) in [7, 11) is 0. The number of carbonyl (C=O) groups excluding carboxylic acids is 1. The van der Waals surface area contributed by atoms with Crippen molar-refractivity contribution in [1.82, 2.24) is 4.90 Å². The molecule has 2 nitrogen and oxygen atoms in total. The van der Waals surface area contributed by atoms with E-state index in [0.717, 1.165) is 37.8 Å². The number of piperidine rings is 1. The standard InChI is InChI=1S/C16H29NO/c1-3-6-15-7-4-5-10-17(15)12-14-11-13(2)8-9-16(14)18/h13-15H,3-12H2,1-2H3. The third-order valence-corrected chi connectivity index (χ3v) is 4.85. The Balaban J connectivity index is 1.91. The van der Waals surface area contributed by atoms with Crippen LogP contribution >= 0.6 is 0 Å². The van der Waals surface area contributed by atoms with Gasteiger partial charge in [0.2, 0.25) is 0 Å². The number of rotatable bonds is 4. The van der Waals surface area contributed by atoms with E-state index < -0.39 is 0 Å². The lowest BCUT2D eigenvalue weighted by Gasteiger charge is -2.39. The Kier molecular flexibility index (Phi) is 5.23. The molecule has 2 aliphatic rings. The van der Waals surface area contributed by atoms with E-state index in [2.05, 4.69) is 18.7 Å². The van der Waals surface area contributed by atoms with Gasteiger partial charge in [0, 0.05) is 24.9 Å². The van der Waals surface area contributed by atoms with Crippen LogP contribution in [0.2, 0.25) is 0 Å². The van der Waals surface area contributed by atoms with Crippen molar-refractivity contribution < 1.29 is 4.79 Å². The zero-order valence-electron chi connectivity index (χ0n) is 12.2. The molecule has 2 heteroatoms. The molecule has 0 aromatic rings. The van der Waals surface area contributed by atoms with Gasteiger partial charge in [-0.15, -0.1) is 0 Å². The van der Waals surface area contributed by atoms with E-state index in [9.17, 15) is 4.79 Å². The number of nitrogens with zero attached hydrogens (tertiary/aromatic N) is 1. The molecule has 0 amide bonds. The summed E-state index contributed by atoms with van der Waals surface area (Å²) in [4.78, 5) is 14.7. The van der Waals surface area contributed by atoms with Crippen LogP contribution in [0.5, 0.6) is 0 Å². The molecule has 0 aromatic carbocycles. The molecule has 3 atom stereocenters. The van der Waals surface area contributed by atoms with Crippen LogP contribution in [0.1, 0.15) is 65.2 Å². The van der Waals surface area contributed by atoms with E-state index >= 15 is 0 Å². The van der Waals surface area contributed by atoms with Gasteiger partial charge < -0.3 is 0 Å². The monoisotopic (exact) mass is 251 g/mol. The molecule has 18 heavy (non-hydrogen) atoms. The second-order valence-corrected chi connectivity index (χ2v) is 6.48. The highest BCUT2D eigenvalue weighted by molar-refractivity contribution is 5.81. The average Bonchev–Trinajstić information content (AvgIpc) is 2.36. The van der Waals surface area contributed by atoms with Crippen LogP contribution in [-0.2, 0) is 4.79 Å². The van der Waals surface area contributed by atoms with Gasteiger partial charge in [0.25, 0.3) is 0 Å². The van der Waals surface area contributed by atoms with E-state index in [1.54, 1.807) is 0 Å². The lowest BCUT2D eigenvalue weighted by molar-refractivity contribution is -0.126. The highest BCUT2D eigenvalue weighted by Crippen LogP contribution is 2.29. The van der Waals surface area contributed by atoms with Gasteiger partial charge in [-0.3, -0.25) is 9.69 Å². The normalized spacial score (nSPS) is 34.8. The Bertz CT molecular complexity index is 274. The van der Waals surface area contributed by atoms with E-state index in [1.165, 1.54) is 38.6 Å². The Morgan fingerprint density at radius 3 is 2.89 bits per heavy atom. The molecular weight excluding hydrogens is 222 g/mol. The molecule has 104 valence electrons. The summed E-state index contributed by atoms with van der Waals surface area (Å²) in [6.45, 7) is 6.86. The van der Waals surface area contributed by atoms with Crippen LogP contribution in [0, 0.1) is 11.8 Å². The predicted molar refractivity (Wildman–Crippen MR) is 75.6 cm³/mol. The van der Waals surface area contributed by atoms with Crippen molar-refractivity contribution in [3.63, 3.8) is 0 Å². The molecule has 1 saturated heterocycles. The molecular formula is C16H29NO. The van der Waals surface area contributed by atoms with Gasteiger partial charge in [0.05, 0.1) is 0 Å².